The van der Waals surface area contributed by atoms with E-state index in [1.807, 2.05) is 0 Å². The van der Waals surface area contributed by atoms with Crippen LogP contribution in [0.1, 0.15) is 5.56 Å². The predicted octanol–water partition coefficient (Wildman–Crippen LogP) is -1.35. The van der Waals surface area contributed by atoms with E-state index >= 15 is 0 Å². The lowest BCUT2D eigenvalue weighted by atomic mass is 9.82. The van der Waals surface area contributed by atoms with Crippen molar-refractivity contribution in [2.45, 2.75) is 6.92 Å². The summed E-state index contributed by atoms with van der Waals surface area (Å²) in [7, 11) is -1.54. The smallest absolute Gasteiger partial charge is 0.422 e. The monoisotopic (exact) mass is 152 g/mol. The highest BCUT2D eigenvalue weighted by atomic mass is 16.4. The Kier molecular flexibility index (Phi) is 2.12. The molecule has 0 aliphatic rings. The average molecular weight is 152 g/mol. The van der Waals surface area contributed by atoms with Gasteiger partial charge in [-0.1, -0.05) is 0 Å². The Bertz CT molecular complexity index is 265. The van der Waals surface area contributed by atoms with E-state index in [1.54, 1.807) is 13.0 Å². The minimum absolute atomic E-state index is 0.213. The molecule has 0 fully saturated rings. The number of nitrogen functional groups attached to an aromatic ring is 1. The molecule has 0 atom stereocenters. The zero-order valence-corrected chi connectivity index (χ0v) is 6.15. The largest absolute Gasteiger partial charge is 0.508 e. The molecule has 0 aliphatic carbocycles. The van der Waals surface area contributed by atoms with Crippen LogP contribution in [0, 0.1) is 6.92 Å². The maximum atomic E-state index is 8.77. The molecule has 0 spiro atoms. The predicted molar refractivity (Wildman–Crippen MR) is 43.2 cm³/mol. The van der Waals surface area contributed by atoms with Gasteiger partial charge in [0, 0.05) is 11.9 Å². The van der Waals surface area contributed by atoms with Gasteiger partial charge in [0.2, 0.25) is 0 Å². The van der Waals surface area contributed by atoms with Gasteiger partial charge in [0.25, 0.3) is 0 Å². The fourth-order valence-corrected chi connectivity index (χ4v) is 0.828. The van der Waals surface area contributed by atoms with Crippen LogP contribution in [0.3, 0.4) is 0 Å². The van der Waals surface area contributed by atoms with Gasteiger partial charge in [0.1, 0.15) is 0 Å². The fourth-order valence-electron chi connectivity index (χ4n) is 0.828. The zero-order chi connectivity index (χ0) is 8.43. The molecule has 1 heterocycles. The zero-order valence-electron chi connectivity index (χ0n) is 6.15. The molecule has 4 nitrogen and oxygen atoms in total. The van der Waals surface area contributed by atoms with Gasteiger partial charge in [-0.3, -0.25) is 4.98 Å². The van der Waals surface area contributed by atoms with Crippen molar-refractivity contribution in [1.82, 2.24) is 4.98 Å². The molecule has 0 aliphatic heterocycles. The van der Waals surface area contributed by atoms with Crippen molar-refractivity contribution in [1.29, 1.82) is 0 Å². The van der Waals surface area contributed by atoms with E-state index in [-0.39, 0.29) is 5.59 Å². The molecular weight excluding hydrogens is 143 g/mol. The summed E-state index contributed by atoms with van der Waals surface area (Å²) >= 11 is 0. The summed E-state index contributed by atoms with van der Waals surface area (Å²) in [5, 5.41) is 17.5. The van der Waals surface area contributed by atoms with Crippen LogP contribution in [0.15, 0.2) is 12.3 Å². The highest BCUT2D eigenvalue weighted by Crippen LogP contribution is 2.03. The Morgan fingerprint density at radius 1 is 1.55 bits per heavy atom. The van der Waals surface area contributed by atoms with Crippen molar-refractivity contribution in [3.8, 4) is 0 Å². The number of pyridine rings is 1. The van der Waals surface area contributed by atoms with E-state index in [9.17, 15) is 0 Å². The third-order valence-corrected chi connectivity index (χ3v) is 1.53. The van der Waals surface area contributed by atoms with Crippen LogP contribution in [-0.2, 0) is 0 Å². The number of rotatable bonds is 1. The molecule has 1 aromatic heterocycles. The Balaban J connectivity index is 3.17. The molecule has 1 rings (SSSR count). The summed E-state index contributed by atoms with van der Waals surface area (Å²) in [4.78, 5) is 3.76. The Morgan fingerprint density at radius 3 is 2.64 bits per heavy atom. The first-order valence-corrected chi connectivity index (χ1v) is 3.20. The minimum Gasteiger partial charge on any atom is -0.422 e. The van der Waals surface area contributed by atoms with Crippen LogP contribution >= 0.6 is 0 Å². The van der Waals surface area contributed by atoms with E-state index in [1.165, 1.54) is 6.20 Å². The van der Waals surface area contributed by atoms with Crippen LogP contribution in [0.25, 0.3) is 0 Å². The lowest BCUT2D eigenvalue weighted by Crippen LogP contribution is -2.35. The SMILES string of the molecule is Cc1c(N)ccnc1B(O)O. The van der Waals surface area contributed by atoms with Gasteiger partial charge in [0.15, 0.2) is 0 Å². The molecular formula is C6H9BN2O2. The molecule has 0 unspecified atom stereocenters. The maximum absolute atomic E-state index is 8.77. The third kappa shape index (κ3) is 1.50. The normalized spacial score (nSPS) is 9.73. The molecule has 58 valence electrons. The van der Waals surface area contributed by atoms with Crippen LogP contribution in [-0.4, -0.2) is 22.2 Å². The van der Waals surface area contributed by atoms with Crippen molar-refractivity contribution in [2.24, 2.45) is 0 Å². The van der Waals surface area contributed by atoms with Gasteiger partial charge >= 0.3 is 7.12 Å². The standard InChI is InChI=1S/C6H9BN2O2/c1-4-5(8)2-3-9-6(4)7(10)11/h2-3,10-11H,1H3,(H2,8,9). The first-order valence-electron chi connectivity index (χ1n) is 3.20. The van der Waals surface area contributed by atoms with Crippen LogP contribution < -0.4 is 11.3 Å². The molecule has 4 N–H and O–H groups in total. The number of nitrogens with zero attached hydrogens (tertiary/aromatic N) is 1. The maximum Gasteiger partial charge on any atom is 0.508 e. The number of nitrogens with two attached hydrogens (primary N) is 1. The van der Waals surface area contributed by atoms with Crippen molar-refractivity contribution >= 4 is 18.4 Å². The molecule has 0 saturated heterocycles. The summed E-state index contributed by atoms with van der Waals surface area (Å²) in [6, 6.07) is 1.61. The van der Waals surface area contributed by atoms with Gasteiger partial charge in [-0.05, 0) is 18.6 Å². The first-order chi connectivity index (χ1) is 5.13. The summed E-state index contributed by atoms with van der Waals surface area (Å²) in [5.74, 6) is 0. The average Bonchev–Trinajstić information content (AvgIpc) is 1.94. The molecule has 11 heavy (non-hydrogen) atoms. The minimum atomic E-state index is -1.54. The van der Waals surface area contributed by atoms with Crippen LogP contribution in [0.4, 0.5) is 5.69 Å². The van der Waals surface area contributed by atoms with Crippen molar-refractivity contribution < 1.29 is 10.0 Å². The van der Waals surface area contributed by atoms with Crippen molar-refractivity contribution in [2.75, 3.05) is 5.73 Å². The summed E-state index contributed by atoms with van der Waals surface area (Å²) in [6.07, 6.45) is 1.44. The van der Waals surface area contributed by atoms with E-state index in [0.717, 1.165) is 0 Å². The third-order valence-electron chi connectivity index (χ3n) is 1.53. The van der Waals surface area contributed by atoms with Gasteiger partial charge in [-0.15, -0.1) is 0 Å². The number of anilines is 1. The quantitative estimate of drug-likeness (QED) is 0.434. The van der Waals surface area contributed by atoms with Gasteiger partial charge < -0.3 is 15.8 Å². The molecule has 1 aromatic rings. The van der Waals surface area contributed by atoms with E-state index < -0.39 is 7.12 Å². The van der Waals surface area contributed by atoms with Gasteiger partial charge in [-0.25, -0.2) is 0 Å². The second-order valence-electron chi connectivity index (χ2n) is 2.28. The number of hydrogen-bond acceptors (Lipinski definition) is 4. The Hall–Kier alpha value is -1.07. The van der Waals surface area contributed by atoms with Crippen LogP contribution in [0.5, 0.6) is 0 Å². The molecule has 0 amide bonds. The highest BCUT2D eigenvalue weighted by molar-refractivity contribution is 6.58. The van der Waals surface area contributed by atoms with E-state index in [0.29, 0.717) is 11.3 Å². The van der Waals surface area contributed by atoms with E-state index in [2.05, 4.69) is 4.98 Å². The molecule has 0 saturated carbocycles. The van der Waals surface area contributed by atoms with Gasteiger partial charge in [0.05, 0.1) is 5.59 Å². The summed E-state index contributed by atoms with van der Waals surface area (Å²) < 4.78 is 0. The van der Waals surface area contributed by atoms with Crippen molar-refractivity contribution in [3.05, 3.63) is 17.8 Å². The lowest BCUT2D eigenvalue weighted by Gasteiger charge is -2.04. The van der Waals surface area contributed by atoms with E-state index in [4.69, 9.17) is 15.8 Å². The fraction of sp³-hybridized carbons (Fsp3) is 0.167. The van der Waals surface area contributed by atoms with Crippen molar-refractivity contribution in [3.63, 3.8) is 0 Å². The lowest BCUT2D eigenvalue weighted by molar-refractivity contribution is 0.424. The number of aromatic nitrogens is 1. The Morgan fingerprint density at radius 2 is 2.18 bits per heavy atom. The Labute approximate surface area is 64.8 Å². The summed E-state index contributed by atoms with van der Waals surface area (Å²) in [5.41, 5.74) is 6.84. The molecule has 0 bridgehead atoms. The first kappa shape index (κ1) is 8.04. The second-order valence-corrected chi connectivity index (χ2v) is 2.28. The second kappa shape index (κ2) is 2.90. The summed E-state index contributed by atoms with van der Waals surface area (Å²) in [6.45, 7) is 1.69. The van der Waals surface area contributed by atoms with Gasteiger partial charge in [-0.2, -0.15) is 0 Å². The topological polar surface area (TPSA) is 79.4 Å². The highest BCUT2D eigenvalue weighted by Gasteiger charge is 2.16. The number of hydrogen-bond donors (Lipinski definition) is 3. The molecule has 0 aromatic carbocycles. The van der Waals surface area contributed by atoms with Crippen LogP contribution in [0.2, 0.25) is 0 Å². The molecule has 5 heteroatoms. The molecule has 0 radical (unpaired) electrons.